The van der Waals surface area contributed by atoms with E-state index in [9.17, 15) is 0 Å². The lowest BCUT2D eigenvalue weighted by atomic mass is 10.1. The molecule has 0 saturated heterocycles. The Kier molecular flexibility index (Phi) is 7.65. The van der Waals surface area contributed by atoms with Crippen molar-refractivity contribution >= 4 is 11.8 Å². The maximum absolute atomic E-state index is 5.83. The van der Waals surface area contributed by atoms with Gasteiger partial charge in [0.1, 0.15) is 0 Å². The molecule has 0 bridgehead atoms. The van der Waals surface area contributed by atoms with Crippen molar-refractivity contribution in [3.63, 3.8) is 0 Å². The van der Waals surface area contributed by atoms with Gasteiger partial charge in [0, 0.05) is 6.04 Å². The van der Waals surface area contributed by atoms with E-state index in [4.69, 9.17) is 5.73 Å². The monoisotopic (exact) mass is 161 g/mol. The number of hydrogen-bond donors (Lipinski definition) is 1. The average molecular weight is 161 g/mol. The molecule has 0 fully saturated rings. The van der Waals surface area contributed by atoms with Crippen LogP contribution in [0.2, 0.25) is 0 Å². The minimum atomic E-state index is 0.451. The number of thioether (sulfide) groups is 1. The second kappa shape index (κ2) is 7.42. The Morgan fingerprint density at radius 2 is 2.10 bits per heavy atom. The number of unbranched alkanes of at least 4 members (excludes halogenated alkanes) is 1. The van der Waals surface area contributed by atoms with Gasteiger partial charge in [0.25, 0.3) is 0 Å². The molecule has 0 aromatic rings. The average Bonchev–Trinajstić information content (AvgIpc) is 1.97. The normalized spacial score (nSPS) is 13.5. The van der Waals surface area contributed by atoms with Crippen molar-refractivity contribution < 1.29 is 0 Å². The Balaban J connectivity index is 3.00. The quantitative estimate of drug-likeness (QED) is 0.646. The van der Waals surface area contributed by atoms with Crippen LogP contribution in [0.3, 0.4) is 0 Å². The Morgan fingerprint density at radius 3 is 2.60 bits per heavy atom. The van der Waals surface area contributed by atoms with E-state index in [0.29, 0.717) is 6.04 Å². The fraction of sp³-hybridized carbons (Fsp3) is 1.00. The van der Waals surface area contributed by atoms with Crippen LogP contribution in [0.5, 0.6) is 0 Å². The highest BCUT2D eigenvalue weighted by molar-refractivity contribution is 7.98. The highest BCUT2D eigenvalue weighted by Gasteiger charge is 1.99. The van der Waals surface area contributed by atoms with E-state index in [1.165, 1.54) is 31.4 Å². The van der Waals surface area contributed by atoms with Crippen LogP contribution in [-0.2, 0) is 0 Å². The van der Waals surface area contributed by atoms with Crippen LogP contribution in [0.15, 0.2) is 0 Å². The van der Waals surface area contributed by atoms with Gasteiger partial charge in [-0.3, -0.25) is 0 Å². The standard InChI is InChI=1S/C8H19NS/c1-3-4-5-8(9)6-7-10-2/h8H,3-7,9H2,1-2H3. The zero-order valence-electron chi connectivity index (χ0n) is 7.10. The van der Waals surface area contributed by atoms with E-state index >= 15 is 0 Å². The van der Waals surface area contributed by atoms with E-state index in [1.807, 2.05) is 11.8 Å². The summed E-state index contributed by atoms with van der Waals surface area (Å²) in [7, 11) is 0. The summed E-state index contributed by atoms with van der Waals surface area (Å²) in [6.07, 6.45) is 7.08. The Bertz CT molecular complexity index is 58.3. The number of rotatable bonds is 6. The molecule has 0 aromatic heterocycles. The predicted octanol–water partition coefficient (Wildman–Crippen LogP) is 2.26. The summed E-state index contributed by atoms with van der Waals surface area (Å²) in [5.74, 6) is 1.21. The van der Waals surface area contributed by atoms with Gasteiger partial charge in [-0.2, -0.15) is 11.8 Å². The first-order chi connectivity index (χ1) is 4.81. The van der Waals surface area contributed by atoms with Crippen molar-refractivity contribution in [2.75, 3.05) is 12.0 Å². The number of nitrogens with two attached hydrogens (primary N) is 1. The van der Waals surface area contributed by atoms with Crippen molar-refractivity contribution in [3.8, 4) is 0 Å². The van der Waals surface area contributed by atoms with Crippen molar-refractivity contribution in [2.24, 2.45) is 5.73 Å². The summed E-state index contributed by atoms with van der Waals surface area (Å²) in [5, 5.41) is 0. The molecule has 0 radical (unpaired) electrons. The largest absolute Gasteiger partial charge is 0.328 e. The predicted molar refractivity (Wildman–Crippen MR) is 50.5 cm³/mol. The first-order valence-corrected chi connectivity index (χ1v) is 5.45. The molecule has 62 valence electrons. The minimum absolute atomic E-state index is 0.451. The molecule has 0 aliphatic carbocycles. The van der Waals surface area contributed by atoms with Crippen molar-refractivity contribution in [3.05, 3.63) is 0 Å². The molecular weight excluding hydrogens is 142 g/mol. The molecule has 0 aliphatic rings. The third-order valence-electron chi connectivity index (χ3n) is 1.62. The summed E-state index contributed by atoms with van der Waals surface area (Å²) >= 11 is 1.88. The molecule has 0 aliphatic heterocycles. The summed E-state index contributed by atoms with van der Waals surface area (Å²) in [5.41, 5.74) is 5.83. The van der Waals surface area contributed by atoms with Crippen molar-refractivity contribution in [1.29, 1.82) is 0 Å². The lowest BCUT2D eigenvalue weighted by Gasteiger charge is -2.08. The van der Waals surface area contributed by atoms with Gasteiger partial charge in [0.2, 0.25) is 0 Å². The molecule has 2 N–H and O–H groups in total. The zero-order chi connectivity index (χ0) is 7.82. The molecule has 0 amide bonds. The van der Waals surface area contributed by atoms with Crippen LogP contribution in [-0.4, -0.2) is 18.1 Å². The summed E-state index contributed by atoms with van der Waals surface area (Å²) in [6, 6.07) is 0.451. The third-order valence-corrected chi connectivity index (χ3v) is 2.27. The van der Waals surface area contributed by atoms with Gasteiger partial charge in [0.05, 0.1) is 0 Å². The highest BCUT2D eigenvalue weighted by Crippen LogP contribution is 2.04. The topological polar surface area (TPSA) is 26.0 Å². The molecule has 0 spiro atoms. The van der Waals surface area contributed by atoms with E-state index in [0.717, 1.165) is 0 Å². The second-order valence-electron chi connectivity index (χ2n) is 2.68. The molecule has 0 rings (SSSR count). The molecule has 1 atom stereocenters. The molecule has 0 saturated carbocycles. The first kappa shape index (κ1) is 10.3. The van der Waals surface area contributed by atoms with Crippen molar-refractivity contribution in [2.45, 2.75) is 38.6 Å². The first-order valence-electron chi connectivity index (χ1n) is 4.05. The van der Waals surface area contributed by atoms with Gasteiger partial charge in [-0.05, 0) is 24.9 Å². The van der Waals surface area contributed by atoms with Crippen LogP contribution in [0.4, 0.5) is 0 Å². The third kappa shape index (κ3) is 6.43. The summed E-state index contributed by atoms with van der Waals surface area (Å²) in [6.45, 7) is 2.21. The van der Waals surface area contributed by atoms with Gasteiger partial charge in [0.15, 0.2) is 0 Å². The van der Waals surface area contributed by atoms with E-state index in [1.54, 1.807) is 0 Å². The molecule has 2 heteroatoms. The summed E-state index contributed by atoms with van der Waals surface area (Å²) in [4.78, 5) is 0. The van der Waals surface area contributed by atoms with Crippen LogP contribution in [0.25, 0.3) is 0 Å². The molecule has 1 nitrogen and oxygen atoms in total. The van der Waals surface area contributed by atoms with E-state index in [-0.39, 0.29) is 0 Å². The number of hydrogen-bond acceptors (Lipinski definition) is 2. The van der Waals surface area contributed by atoms with E-state index < -0.39 is 0 Å². The SMILES string of the molecule is CCCCC(N)CCSC. The van der Waals surface area contributed by atoms with Gasteiger partial charge in [-0.15, -0.1) is 0 Å². The van der Waals surface area contributed by atoms with Gasteiger partial charge in [-0.1, -0.05) is 19.8 Å². The van der Waals surface area contributed by atoms with Gasteiger partial charge >= 0.3 is 0 Å². The van der Waals surface area contributed by atoms with E-state index in [2.05, 4.69) is 13.2 Å². The van der Waals surface area contributed by atoms with Crippen LogP contribution < -0.4 is 5.73 Å². The highest BCUT2D eigenvalue weighted by atomic mass is 32.2. The molecular formula is C8H19NS. The minimum Gasteiger partial charge on any atom is -0.328 e. The molecule has 0 heterocycles. The lowest BCUT2D eigenvalue weighted by molar-refractivity contribution is 0.566. The second-order valence-corrected chi connectivity index (χ2v) is 3.67. The lowest BCUT2D eigenvalue weighted by Crippen LogP contribution is -2.20. The zero-order valence-corrected chi connectivity index (χ0v) is 7.91. The molecule has 0 aromatic carbocycles. The fourth-order valence-electron chi connectivity index (χ4n) is 0.880. The van der Waals surface area contributed by atoms with Gasteiger partial charge in [-0.25, -0.2) is 0 Å². The molecule has 1 unspecified atom stereocenters. The maximum Gasteiger partial charge on any atom is 0.00466 e. The summed E-state index contributed by atoms with van der Waals surface area (Å²) < 4.78 is 0. The Hall–Kier alpha value is 0.310. The van der Waals surface area contributed by atoms with Crippen LogP contribution >= 0.6 is 11.8 Å². The maximum atomic E-state index is 5.83. The molecule has 10 heavy (non-hydrogen) atoms. The van der Waals surface area contributed by atoms with Crippen LogP contribution in [0.1, 0.15) is 32.6 Å². The fourth-order valence-corrected chi connectivity index (χ4v) is 1.42. The van der Waals surface area contributed by atoms with Gasteiger partial charge < -0.3 is 5.73 Å². The van der Waals surface area contributed by atoms with Crippen molar-refractivity contribution in [1.82, 2.24) is 0 Å². The smallest absolute Gasteiger partial charge is 0.00466 e. The Labute approximate surface area is 68.8 Å². The van der Waals surface area contributed by atoms with Crippen LogP contribution in [0, 0.1) is 0 Å². The Morgan fingerprint density at radius 1 is 1.40 bits per heavy atom.